The molecule has 28 heavy (non-hydrogen) atoms. The van der Waals surface area contributed by atoms with E-state index in [0.717, 1.165) is 6.42 Å². The van der Waals surface area contributed by atoms with Gasteiger partial charge in [-0.3, -0.25) is 19.7 Å². The molecular formula is C20H22N4O4. The Morgan fingerprint density at radius 2 is 1.86 bits per heavy atom. The number of anilines is 1. The van der Waals surface area contributed by atoms with Crippen LogP contribution in [0.25, 0.3) is 0 Å². The van der Waals surface area contributed by atoms with E-state index in [-0.39, 0.29) is 34.3 Å². The maximum Gasteiger partial charge on any atom is 0.293 e. The first-order valence-electron chi connectivity index (χ1n) is 8.94. The van der Waals surface area contributed by atoms with Crippen LogP contribution in [0.3, 0.4) is 0 Å². The Kier molecular flexibility index (Phi) is 5.41. The lowest BCUT2D eigenvalue weighted by atomic mass is 9.97. The Balaban J connectivity index is 1.99. The molecule has 2 aromatic rings. The summed E-state index contributed by atoms with van der Waals surface area (Å²) in [4.78, 5) is 40.1. The van der Waals surface area contributed by atoms with E-state index in [1.54, 1.807) is 48.2 Å². The molecule has 1 fully saturated rings. The first-order valence-corrected chi connectivity index (χ1v) is 8.94. The topological polar surface area (TPSA) is 110 Å². The zero-order valence-electron chi connectivity index (χ0n) is 15.8. The first kappa shape index (κ1) is 19.5. The SMILES string of the molecule is CN(C)c1ccc(C(=O)c2ccccc2C(=O)N2CC[C@@H](N)C2)cc1[N+](=O)[O-]. The lowest BCUT2D eigenvalue weighted by molar-refractivity contribution is -0.384. The van der Waals surface area contributed by atoms with E-state index < -0.39 is 10.7 Å². The van der Waals surface area contributed by atoms with Crippen LogP contribution in [0.2, 0.25) is 0 Å². The Labute approximate surface area is 162 Å². The van der Waals surface area contributed by atoms with Gasteiger partial charge in [-0.2, -0.15) is 0 Å². The molecule has 2 N–H and O–H groups in total. The molecule has 0 aliphatic carbocycles. The second kappa shape index (κ2) is 7.77. The van der Waals surface area contributed by atoms with Crippen LogP contribution in [-0.4, -0.2) is 54.7 Å². The second-order valence-corrected chi connectivity index (χ2v) is 7.03. The molecule has 0 unspecified atom stereocenters. The van der Waals surface area contributed by atoms with Crippen LogP contribution in [0.1, 0.15) is 32.7 Å². The molecule has 1 heterocycles. The molecule has 8 nitrogen and oxygen atoms in total. The molecule has 0 radical (unpaired) electrons. The summed E-state index contributed by atoms with van der Waals surface area (Å²) in [6.07, 6.45) is 0.722. The Morgan fingerprint density at radius 1 is 1.18 bits per heavy atom. The van der Waals surface area contributed by atoms with Crippen molar-refractivity contribution in [2.24, 2.45) is 5.73 Å². The maximum atomic E-state index is 13.1. The van der Waals surface area contributed by atoms with Gasteiger partial charge < -0.3 is 15.5 Å². The number of benzene rings is 2. The number of nitro groups is 1. The van der Waals surface area contributed by atoms with Gasteiger partial charge in [0.25, 0.3) is 11.6 Å². The molecule has 1 aliphatic rings. The zero-order valence-corrected chi connectivity index (χ0v) is 15.8. The van der Waals surface area contributed by atoms with Gasteiger partial charge in [-0.1, -0.05) is 18.2 Å². The quantitative estimate of drug-likeness (QED) is 0.482. The van der Waals surface area contributed by atoms with E-state index in [4.69, 9.17) is 5.73 Å². The van der Waals surface area contributed by atoms with Crippen LogP contribution in [0.5, 0.6) is 0 Å². The molecule has 0 saturated carbocycles. The van der Waals surface area contributed by atoms with Crippen LogP contribution < -0.4 is 10.6 Å². The molecular weight excluding hydrogens is 360 g/mol. The number of hydrogen-bond acceptors (Lipinski definition) is 6. The third kappa shape index (κ3) is 3.72. The summed E-state index contributed by atoms with van der Waals surface area (Å²) in [6, 6.07) is 10.8. The summed E-state index contributed by atoms with van der Waals surface area (Å²) in [5.41, 5.74) is 6.79. The Bertz CT molecular complexity index is 942. The summed E-state index contributed by atoms with van der Waals surface area (Å²) in [5, 5.41) is 11.4. The van der Waals surface area contributed by atoms with E-state index in [2.05, 4.69) is 0 Å². The van der Waals surface area contributed by atoms with Crippen LogP contribution in [0.15, 0.2) is 42.5 Å². The predicted molar refractivity (Wildman–Crippen MR) is 106 cm³/mol. The minimum atomic E-state index is -0.519. The molecule has 1 aliphatic heterocycles. The van der Waals surface area contributed by atoms with Gasteiger partial charge in [0.2, 0.25) is 0 Å². The maximum absolute atomic E-state index is 13.1. The van der Waals surface area contributed by atoms with E-state index in [9.17, 15) is 19.7 Å². The third-order valence-corrected chi connectivity index (χ3v) is 4.83. The van der Waals surface area contributed by atoms with Crippen molar-refractivity contribution in [3.8, 4) is 0 Å². The lowest BCUT2D eigenvalue weighted by Crippen LogP contribution is -2.32. The number of carbonyl (C=O) groups excluding carboxylic acids is 2. The molecule has 2 aromatic carbocycles. The summed E-state index contributed by atoms with van der Waals surface area (Å²) >= 11 is 0. The van der Waals surface area contributed by atoms with Crippen LogP contribution in [-0.2, 0) is 0 Å². The molecule has 1 atom stereocenters. The number of hydrogen-bond donors (Lipinski definition) is 1. The number of rotatable bonds is 5. The average Bonchev–Trinajstić information content (AvgIpc) is 3.12. The molecule has 3 rings (SSSR count). The van der Waals surface area contributed by atoms with Gasteiger partial charge in [-0.25, -0.2) is 0 Å². The van der Waals surface area contributed by atoms with Gasteiger partial charge in [-0.05, 0) is 24.6 Å². The Hall–Kier alpha value is -3.26. The van der Waals surface area contributed by atoms with Gasteiger partial charge in [-0.15, -0.1) is 0 Å². The number of amides is 1. The van der Waals surface area contributed by atoms with Crippen molar-refractivity contribution >= 4 is 23.1 Å². The molecule has 0 spiro atoms. The highest BCUT2D eigenvalue weighted by molar-refractivity contribution is 6.15. The first-order chi connectivity index (χ1) is 13.3. The lowest BCUT2D eigenvalue weighted by Gasteiger charge is -2.18. The van der Waals surface area contributed by atoms with Gasteiger partial charge in [0.15, 0.2) is 5.78 Å². The van der Waals surface area contributed by atoms with E-state index in [1.807, 2.05) is 0 Å². The van der Waals surface area contributed by atoms with Gasteiger partial charge in [0.05, 0.1) is 10.5 Å². The van der Waals surface area contributed by atoms with Crippen molar-refractivity contribution in [1.29, 1.82) is 0 Å². The van der Waals surface area contributed by atoms with Crippen molar-refractivity contribution in [3.05, 3.63) is 69.3 Å². The van der Waals surface area contributed by atoms with E-state index in [0.29, 0.717) is 18.8 Å². The molecule has 1 saturated heterocycles. The number of carbonyl (C=O) groups is 2. The fourth-order valence-corrected chi connectivity index (χ4v) is 3.35. The molecule has 1 amide bonds. The van der Waals surface area contributed by atoms with Crippen molar-refractivity contribution in [1.82, 2.24) is 4.90 Å². The Morgan fingerprint density at radius 3 is 2.43 bits per heavy atom. The zero-order chi connectivity index (χ0) is 20.4. The van der Waals surface area contributed by atoms with Gasteiger partial charge >= 0.3 is 0 Å². The van der Waals surface area contributed by atoms with Crippen molar-refractivity contribution in [2.75, 3.05) is 32.1 Å². The second-order valence-electron chi connectivity index (χ2n) is 7.03. The molecule has 0 bridgehead atoms. The number of ketones is 1. The minimum Gasteiger partial charge on any atom is -0.372 e. The van der Waals surface area contributed by atoms with Crippen LogP contribution in [0, 0.1) is 10.1 Å². The smallest absolute Gasteiger partial charge is 0.293 e. The number of likely N-dealkylation sites (tertiary alicyclic amines) is 1. The molecule has 0 aromatic heterocycles. The van der Waals surface area contributed by atoms with Crippen LogP contribution >= 0.6 is 0 Å². The van der Waals surface area contributed by atoms with Crippen LogP contribution in [0.4, 0.5) is 11.4 Å². The van der Waals surface area contributed by atoms with Gasteiger partial charge in [0.1, 0.15) is 5.69 Å². The van der Waals surface area contributed by atoms with E-state index in [1.165, 1.54) is 18.2 Å². The summed E-state index contributed by atoms with van der Waals surface area (Å²) in [5.74, 6) is -0.683. The highest BCUT2D eigenvalue weighted by Gasteiger charge is 2.28. The number of nitrogens with zero attached hydrogens (tertiary/aromatic N) is 3. The van der Waals surface area contributed by atoms with Crippen molar-refractivity contribution in [2.45, 2.75) is 12.5 Å². The molecule has 8 heteroatoms. The summed E-state index contributed by atoms with van der Waals surface area (Å²) in [7, 11) is 3.39. The highest BCUT2D eigenvalue weighted by Crippen LogP contribution is 2.29. The molecule has 146 valence electrons. The predicted octanol–water partition coefficient (Wildman–Crippen LogP) is 2.06. The summed E-state index contributed by atoms with van der Waals surface area (Å²) in [6.45, 7) is 0.996. The van der Waals surface area contributed by atoms with E-state index >= 15 is 0 Å². The fourth-order valence-electron chi connectivity index (χ4n) is 3.35. The fraction of sp³-hybridized carbons (Fsp3) is 0.300. The minimum absolute atomic E-state index is 0.0620. The average molecular weight is 382 g/mol. The number of nitro benzene ring substituents is 1. The van der Waals surface area contributed by atoms with Gasteiger partial charge in [0, 0.05) is 50.4 Å². The van der Waals surface area contributed by atoms with Crippen molar-refractivity contribution in [3.63, 3.8) is 0 Å². The van der Waals surface area contributed by atoms with Crippen molar-refractivity contribution < 1.29 is 14.5 Å². The normalized spacial score (nSPS) is 16.1. The number of nitrogens with two attached hydrogens (primary N) is 1. The monoisotopic (exact) mass is 382 g/mol. The largest absolute Gasteiger partial charge is 0.372 e. The standard InChI is InChI=1S/C20H22N4O4/c1-22(2)17-8-7-13(11-18(17)24(27)28)19(25)15-5-3-4-6-16(15)20(26)23-10-9-14(21)12-23/h3-8,11,14H,9-10,12,21H2,1-2H3/t14-/m1/s1. The summed E-state index contributed by atoms with van der Waals surface area (Å²) < 4.78 is 0. The highest BCUT2D eigenvalue weighted by atomic mass is 16.6. The third-order valence-electron chi connectivity index (χ3n) is 4.83.